The highest BCUT2D eigenvalue weighted by Crippen LogP contribution is 2.35. The van der Waals surface area contributed by atoms with Gasteiger partial charge in [0, 0.05) is 37.9 Å². The number of nitrogens with one attached hydrogen (secondary N) is 1. The van der Waals surface area contributed by atoms with E-state index in [1.54, 1.807) is 0 Å². The van der Waals surface area contributed by atoms with Gasteiger partial charge in [-0.2, -0.15) is 0 Å². The molecule has 21 heavy (non-hydrogen) atoms. The van der Waals surface area contributed by atoms with Gasteiger partial charge in [0.2, 0.25) is 0 Å². The van der Waals surface area contributed by atoms with E-state index in [9.17, 15) is 0 Å². The largest absolute Gasteiger partial charge is 0.369 e. The summed E-state index contributed by atoms with van der Waals surface area (Å²) in [6.07, 6.45) is 4.33. The molecule has 2 saturated heterocycles. The van der Waals surface area contributed by atoms with Crippen LogP contribution >= 0.6 is 0 Å². The number of piperazine rings is 1. The molecule has 0 amide bonds. The summed E-state index contributed by atoms with van der Waals surface area (Å²) in [6.45, 7) is 7.36. The minimum atomic E-state index is 0.859. The Morgan fingerprint density at radius 2 is 1.52 bits per heavy atom. The molecule has 0 spiro atoms. The van der Waals surface area contributed by atoms with Crippen molar-refractivity contribution >= 4 is 5.69 Å². The molecule has 1 aliphatic carbocycles. The van der Waals surface area contributed by atoms with E-state index in [2.05, 4.69) is 45.4 Å². The first-order valence-corrected chi connectivity index (χ1v) is 8.66. The third kappa shape index (κ3) is 2.69. The Balaban J connectivity index is 1.41. The summed E-state index contributed by atoms with van der Waals surface area (Å²) in [6, 6.07) is 11.8. The van der Waals surface area contributed by atoms with Gasteiger partial charge in [-0.25, -0.2) is 0 Å². The van der Waals surface area contributed by atoms with E-state index in [4.69, 9.17) is 0 Å². The quantitative estimate of drug-likeness (QED) is 0.899. The van der Waals surface area contributed by atoms with Gasteiger partial charge in [0.25, 0.3) is 0 Å². The lowest BCUT2D eigenvalue weighted by atomic mass is 9.73. The fraction of sp³-hybridized carbons (Fsp3) is 0.667. The molecule has 4 rings (SSSR count). The van der Waals surface area contributed by atoms with Crippen LogP contribution in [0, 0.1) is 11.8 Å². The van der Waals surface area contributed by atoms with Crippen molar-refractivity contribution < 1.29 is 0 Å². The molecule has 1 N–H and O–H groups in total. The number of anilines is 1. The van der Waals surface area contributed by atoms with Crippen LogP contribution in [-0.4, -0.2) is 50.2 Å². The smallest absolute Gasteiger partial charge is 0.0367 e. The highest BCUT2D eigenvalue weighted by atomic mass is 15.3. The monoisotopic (exact) mass is 285 g/mol. The second kappa shape index (κ2) is 5.98. The molecule has 0 radical (unpaired) electrons. The Morgan fingerprint density at radius 1 is 0.857 bits per heavy atom. The molecule has 2 heterocycles. The number of hydrogen-bond donors (Lipinski definition) is 1. The van der Waals surface area contributed by atoms with E-state index >= 15 is 0 Å². The molecule has 2 atom stereocenters. The molecule has 2 bridgehead atoms. The predicted octanol–water partition coefficient (Wildman–Crippen LogP) is 2.20. The second-order valence-corrected chi connectivity index (χ2v) is 6.96. The highest BCUT2D eigenvalue weighted by Gasteiger charge is 2.40. The molecule has 114 valence electrons. The van der Waals surface area contributed by atoms with E-state index in [0.717, 1.165) is 17.9 Å². The Hall–Kier alpha value is -1.06. The van der Waals surface area contributed by atoms with Crippen LogP contribution in [0.2, 0.25) is 0 Å². The fourth-order valence-corrected chi connectivity index (χ4v) is 4.78. The van der Waals surface area contributed by atoms with Crippen LogP contribution in [0.15, 0.2) is 30.3 Å². The lowest BCUT2D eigenvalue weighted by Crippen LogP contribution is -2.61. The lowest BCUT2D eigenvalue weighted by Gasteiger charge is -2.51. The zero-order valence-electron chi connectivity index (χ0n) is 12.9. The Bertz CT molecular complexity index is 431. The number of piperidine rings is 1. The highest BCUT2D eigenvalue weighted by molar-refractivity contribution is 5.46. The summed E-state index contributed by atoms with van der Waals surface area (Å²) in [5.74, 6) is 1.81. The van der Waals surface area contributed by atoms with E-state index in [1.165, 1.54) is 64.2 Å². The van der Waals surface area contributed by atoms with E-state index in [0.29, 0.717) is 0 Å². The fourth-order valence-electron chi connectivity index (χ4n) is 4.78. The molecule has 3 nitrogen and oxygen atoms in total. The normalized spacial score (nSPS) is 33.9. The molecular weight excluding hydrogens is 258 g/mol. The van der Waals surface area contributed by atoms with Crippen LogP contribution in [-0.2, 0) is 0 Å². The molecule has 1 aromatic carbocycles. The maximum Gasteiger partial charge on any atom is 0.0367 e. The average Bonchev–Trinajstić information content (AvgIpc) is 2.55. The van der Waals surface area contributed by atoms with E-state index in [-0.39, 0.29) is 0 Å². The van der Waals surface area contributed by atoms with Crippen molar-refractivity contribution in [3.8, 4) is 0 Å². The zero-order chi connectivity index (χ0) is 14.1. The molecule has 1 saturated carbocycles. The van der Waals surface area contributed by atoms with Crippen molar-refractivity contribution in [2.24, 2.45) is 11.8 Å². The van der Waals surface area contributed by atoms with Crippen molar-refractivity contribution in [3.63, 3.8) is 0 Å². The number of para-hydroxylation sites is 1. The van der Waals surface area contributed by atoms with Crippen molar-refractivity contribution in [3.05, 3.63) is 30.3 Å². The van der Waals surface area contributed by atoms with Crippen LogP contribution in [0.1, 0.15) is 19.3 Å². The SMILES string of the molecule is c1ccc(N2CCN(C3[C@H]4CCC[C@H]3CNC4)CC2)cc1. The van der Waals surface area contributed by atoms with Gasteiger partial charge in [-0.3, -0.25) is 4.90 Å². The topological polar surface area (TPSA) is 18.5 Å². The summed E-state index contributed by atoms with van der Waals surface area (Å²) in [5, 5.41) is 3.65. The lowest BCUT2D eigenvalue weighted by molar-refractivity contribution is 0.0283. The first-order valence-electron chi connectivity index (χ1n) is 8.66. The summed E-state index contributed by atoms with van der Waals surface area (Å²) in [5.41, 5.74) is 1.39. The number of benzene rings is 1. The Labute approximate surface area is 128 Å². The number of fused-ring (bicyclic) bond motifs is 2. The first kappa shape index (κ1) is 13.6. The maximum atomic E-state index is 3.65. The minimum Gasteiger partial charge on any atom is -0.369 e. The third-order valence-electron chi connectivity index (χ3n) is 5.79. The number of rotatable bonds is 2. The van der Waals surface area contributed by atoms with Crippen LogP contribution in [0.5, 0.6) is 0 Å². The van der Waals surface area contributed by atoms with Crippen LogP contribution < -0.4 is 10.2 Å². The van der Waals surface area contributed by atoms with Crippen molar-refractivity contribution in [1.82, 2.24) is 10.2 Å². The molecule has 3 heteroatoms. The van der Waals surface area contributed by atoms with Gasteiger partial charge < -0.3 is 10.2 Å². The predicted molar refractivity (Wildman–Crippen MR) is 87.7 cm³/mol. The van der Waals surface area contributed by atoms with Crippen LogP contribution in [0.4, 0.5) is 5.69 Å². The minimum absolute atomic E-state index is 0.859. The zero-order valence-corrected chi connectivity index (χ0v) is 12.9. The van der Waals surface area contributed by atoms with Crippen LogP contribution in [0.3, 0.4) is 0 Å². The van der Waals surface area contributed by atoms with E-state index in [1.807, 2.05) is 0 Å². The van der Waals surface area contributed by atoms with Crippen LogP contribution in [0.25, 0.3) is 0 Å². The molecule has 2 aliphatic heterocycles. The van der Waals surface area contributed by atoms with Gasteiger partial charge in [-0.15, -0.1) is 0 Å². The van der Waals surface area contributed by atoms with E-state index < -0.39 is 0 Å². The molecule has 1 aromatic rings. The Morgan fingerprint density at radius 3 is 2.19 bits per heavy atom. The Kier molecular flexibility index (Phi) is 3.87. The summed E-state index contributed by atoms with van der Waals surface area (Å²) in [7, 11) is 0. The van der Waals surface area contributed by atoms with Crippen molar-refractivity contribution in [2.45, 2.75) is 25.3 Å². The summed E-state index contributed by atoms with van der Waals surface area (Å²) >= 11 is 0. The average molecular weight is 285 g/mol. The third-order valence-corrected chi connectivity index (χ3v) is 5.79. The number of hydrogen-bond acceptors (Lipinski definition) is 3. The van der Waals surface area contributed by atoms with Gasteiger partial charge in [0.1, 0.15) is 0 Å². The van der Waals surface area contributed by atoms with Gasteiger partial charge in [0.15, 0.2) is 0 Å². The number of nitrogens with zero attached hydrogens (tertiary/aromatic N) is 2. The summed E-state index contributed by atoms with van der Waals surface area (Å²) in [4.78, 5) is 5.36. The standard InChI is InChI=1S/C18H27N3/c1-2-7-17(8-3-1)20-9-11-21(12-10-20)18-15-5-4-6-16(18)14-19-13-15/h1-3,7-8,15-16,18-19H,4-6,9-14H2/t15-,16-/m0/s1. The molecule has 3 fully saturated rings. The first-order chi connectivity index (χ1) is 10.4. The second-order valence-electron chi connectivity index (χ2n) is 6.96. The van der Waals surface area contributed by atoms with Gasteiger partial charge in [-0.05, 0) is 49.9 Å². The van der Waals surface area contributed by atoms with Gasteiger partial charge >= 0.3 is 0 Å². The molecule has 0 aromatic heterocycles. The van der Waals surface area contributed by atoms with Crippen molar-refractivity contribution in [2.75, 3.05) is 44.2 Å². The summed E-state index contributed by atoms with van der Waals surface area (Å²) < 4.78 is 0. The maximum absolute atomic E-state index is 3.65. The van der Waals surface area contributed by atoms with Gasteiger partial charge in [0.05, 0.1) is 0 Å². The van der Waals surface area contributed by atoms with Crippen molar-refractivity contribution in [1.29, 1.82) is 0 Å². The molecule has 3 aliphatic rings. The van der Waals surface area contributed by atoms with Gasteiger partial charge in [-0.1, -0.05) is 24.6 Å². The molecule has 0 unspecified atom stereocenters. The molecular formula is C18H27N3.